The number of rotatable bonds is 4. The fraction of sp³-hybridized carbons (Fsp3) is 0.529. The van der Waals surface area contributed by atoms with E-state index in [1.807, 2.05) is 33.8 Å². The molecule has 0 aliphatic carbocycles. The van der Waals surface area contributed by atoms with Gasteiger partial charge in [0.1, 0.15) is 11.6 Å². The maximum absolute atomic E-state index is 5.79. The Kier molecular flexibility index (Phi) is 4.78. The Balaban J connectivity index is 1.71. The molecular weight excluding hydrogens is 304 g/mol. The van der Waals surface area contributed by atoms with Crippen LogP contribution in [0.1, 0.15) is 25.4 Å². The van der Waals surface area contributed by atoms with Crippen LogP contribution in [-0.2, 0) is 0 Å². The number of aryl methyl sites for hydroxylation is 2. The number of hydrogen-bond acceptors (Lipinski definition) is 7. The molecule has 0 bridgehead atoms. The van der Waals surface area contributed by atoms with Gasteiger partial charge in [-0.2, -0.15) is 0 Å². The van der Waals surface area contributed by atoms with Crippen LogP contribution in [0.2, 0.25) is 0 Å². The second kappa shape index (κ2) is 6.98. The first-order valence-corrected chi connectivity index (χ1v) is 8.33. The predicted molar refractivity (Wildman–Crippen MR) is 93.7 cm³/mol. The van der Waals surface area contributed by atoms with E-state index in [9.17, 15) is 0 Å². The van der Waals surface area contributed by atoms with Gasteiger partial charge in [-0.05, 0) is 27.7 Å². The fourth-order valence-corrected chi connectivity index (χ4v) is 2.85. The summed E-state index contributed by atoms with van der Waals surface area (Å²) in [6.45, 7) is 11.4. The van der Waals surface area contributed by atoms with Crippen LogP contribution in [0.3, 0.4) is 0 Å². The zero-order chi connectivity index (χ0) is 17.1. The van der Waals surface area contributed by atoms with E-state index in [0.717, 1.165) is 49.3 Å². The van der Waals surface area contributed by atoms with Crippen LogP contribution in [0.25, 0.3) is 0 Å². The number of aromatic nitrogens is 4. The van der Waals surface area contributed by atoms with E-state index in [4.69, 9.17) is 4.74 Å². The second-order valence-electron chi connectivity index (χ2n) is 6.24. The van der Waals surface area contributed by atoms with Crippen LogP contribution in [-0.4, -0.2) is 52.2 Å². The molecule has 7 nitrogen and oxygen atoms in total. The molecule has 7 heteroatoms. The molecule has 3 heterocycles. The van der Waals surface area contributed by atoms with Gasteiger partial charge in [0.15, 0.2) is 5.82 Å². The summed E-state index contributed by atoms with van der Waals surface area (Å²) in [5, 5.41) is 0. The zero-order valence-electron chi connectivity index (χ0n) is 14.7. The maximum Gasteiger partial charge on any atom is 0.257 e. The van der Waals surface area contributed by atoms with E-state index in [0.29, 0.717) is 5.88 Å². The summed E-state index contributed by atoms with van der Waals surface area (Å²) in [5.41, 5.74) is 1.00. The first-order valence-electron chi connectivity index (χ1n) is 8.33. The van der Waals surface area contributed by atoms with E-state index in [1.165, 1.54) is 0 Å². The lowest BCUT2D eigenvalue weighted by molar-refractivity contribution is 0.232. The molecule has 1 aliphatic rings. The number of ether oxygens (including phenoxy) is 1. The number of nitrogens with zero attached hydrogens (tertiary/aromatic N) is 6. The molecule has 1 aliphatic heterocycles. The first kappa shape index (κ1) is 16.4. The molecular formula is C17H24N6O. The van der Waals surface area contributed by atoms with Crippen LogP contribution in [0.4, 0.5) is 11.6 Å². The summed E-state index contributed by atoms with van der Waals surface area (Å²) in [6.07, 6.45) is 3.46. The highest BCUT2D eigenvalue weighted by molar-refractivity contribution is 5.50. The van der Waals surface area contributed by atoms with Gasteiger partial charge in [-0.25, -0.2) is 19.9 Å². The van der Waals surface area contributed by atoms with Gasteiger partial charge in [-0.15, -0.1) is 0 Å². The zero-order valence-corrected chi connectivity index (χ0v) is 14.7. The fourth-order valence-electron chi connectivity index (χ4n) is 2.85. The van der Waals surface area contributed by atoms with Gasteiger partial charge >= 0.3 is 0 Å². The third-order valence-electron chi connectivity index (χ3n) is 3.85. The molecule has 1 saturated heterocycles. The Morgan fingerprint density at radius 2 is 1.62 bits per heavy atom. The molecule has 0 spiro atoms. The van der Waals surface area contributed by atoms with E-state index in [2.05, 4.69) is 29.7 Å². The summed E-state index contributed by atoms with van der Waals surface area (Å²) in [6, 6.07) is 2.04. The summed E-state index contributed by atoms with van der Waals surface area (Å²) < 4.78 is 5.79. The third kappa shape index (κ3) is 3.72. The molecule has 3 rings (SSSR count). The van der Waals surface area contributed by atoms with Crippen LogP contribution in [0.15, 0.2) is 18.5 Å². The van der Waals surface area contributed by atoms with Crippen molar-refractivity contribution >= 4 is 11.6 Å². The quantitative estimate of drug-likeness (QED) is 0.850. The second-order valence-corrected chi connectivity index (χ2v) is 6.24. The van der Waals surface area contributed by atoms with Crippen LogP contribution in [0, 0.1) is 13.8 Å². The van der Waals surface area contributed by atoms with Crippen molar-refractivity contribution in [2.24, 2.45) is 0 Å². The van der Waals surface area contributed by atoms with Crippen molar-refractivity contribution in [1.82, 2.24) is 19.9 Å². The van der Waals surface area contributed by atoms with Crippen molar-refractivity contribution in [2.45, 2.75) is 33.8 Å². The number of hydrogen-bond donors (Lipinski definition) is 0. The smallest absolute Gasteiger partial charge is 0.257 e. The van der Waals surface area contributed by atoms with E-state index < -0.39 is 0 Å². The van der Waals surface area contributed by atoms with Gasteiger partial charge in [0.05, 0.1) is 6.10 Å². The molecule has 128 valence electrons. The predicted octanol–water partition coefficient (Wildman–Crippen LogP) is 2.00. The van der Waals surface area contributed by atoms with Gasteiger partial charge in [0, 0.05) is 50.3 Å². The molecule has 0 aromatic carbocycles. The minimum Gasteiger partial charge on any atom is -0.472 e. The van der Waals surface area contributed by atoms with Crippen LogP contribution >= 0.6 is 0 Å². The largest absolute Gasteiger partial charge is 0.472 e. The van der Waals surface area contributed by atoms with Crippen LogP contribution in [0.5, 0.6) is 5.88 Å². The Morgan fingerprint density at radius 3 is 2.29 bits per heavy atom. The highest BCUT2D eigenvalue weighted by Crippen LogP contribution is 2.25. The van der Waals surface area contributed by atoms with Gasteiger partial charge in [0.25, 0.3) is 5.88 Å². The lowest BCUT2D eigenvalue weighted by Gasteiger charge is -2.36. The molecule has 0 radical (unpaired) electrons. The minimum absolute atomic E-state index is 0.0775. The van der Waals surface area contributed by atoms with Gasteiger partial charge in [-0.3, -0.25) is 0 Å². The summed E-state index contributed by atoms with van der Waals surface area (Å²) in [7, 11) is 0. The highest BCUT2D eigenvalue weighted by atomic mass is 16.5. The third-order valence-corrected chi connectivity index (χ3v) is 3.85. The monoisotopic (exact) mass is 328 g/mol. The van der Waals surface area contributed by atoms with Crippen molar-refractivity contribution in [2.75, 3.05) is 36.0 Å². The molecule has 0 saturated carbocycles. The summed E-state index contributed by atoms with van der Waals surface area (Å²) >= 11 is 0. The molecule has 2 aromatic rings. The molecule has 0 N–H and O–H groups in total. The van der Waals surface area contributed by atoms with E-state index >= 15 is 0 Å². The Morgan fingerprint density at radius 1 is 0.958 bits per heavy atom. The Hall–Kier alpha value is -2.44. The van der Waals surface area contributed by atoms with Gasteiger partial charge in [0.2, 0.25) is 0 Å². The van der Waals surface area contributed by atoms with Crippen molar-refractivity contribution in [1.29, 1.82) is 0 Å². The molecule has 1 fully saturated rings. The van der Waals surface area contributed by atoms with Crippen LogP contribution < -0.4 is 14.5 Å². The first-order chi connectivity index (χ1) is 11.5. The average Bonchev–Trinajstić information content (AvgIpc) is 2.54. The van der Waals surface area contributed by atoms with Gasteiger partial charge < -0.3 is 14.5 Å². The SMILES string of the molecule is Cc1cc(N2CCN(c3nccnc3OC(C)C)CC2)nc(C)n1. The minimum atomic E-state index is 0.0775. The molecule has 0 atom stereocenters. The van der Waals surface area contributed by atoms with Gasteiger partial charge in [-0.1, -0.05) is 0 Å². The van der Waals surface area contributed by atoms with E-state index in [-0.39, 0.29) is 6.10 Å². The lowest BCUT2D eigenvalue weighted by Crippen LogP contribution is -2.47. The normalized spacial score (nSPS) is 15.0. The molecule has 0 unspecified atom stereocenters. The topological polar surface area (TPSA) is 67.3 Å². The van der Waals surface area contributed by atoms with Crippen molar-refractivity contribution < 1.29 is 4.74 Å². The standard InChI is InChI=1S/C17H24N6O/c1-12(2)24-17-16(18-5-6-19-17)23-9-7-22(8-10-23)15-11-13(3)20-14(4)21-15/h5-6,11-12H,7-10H2,1-4H3. The Bertz CT molecular complexity index is 677. The summed E-state index contributed by atoms with van der Waals surface area (Å²) in [4.78, 5) is 22.2. The number of anilines is 2. The maximum atomic E-state index is 5.79. The Labute approximate surface area is 142 Å². The molecule has 24 heavy (non-hydrogen) atoms. The summed E-state index contributed by atoms with van der Waals surface area (Å²) in [5.74, 6) is 3.24. The number of piperazine rings is 1. The molecule has 0 amide bonds. The van der Waals surface area contributed by atoms with Crippen molar-refractivity contribution in [3.63, 3.8) is 0 Å². The van der Waals surface area contributed by atoms with Crippen molar-refractivity contribution in [3.05, 3.63) is 30.0 Å². The average molecular weight is 328 g/mol. The lowest BCUT2D eigenvalue weighted by atomic mass is 10.3. The van der Waals surface area contributed by atoms with Crippen molar-refractivity contribution in [3.8, 4) is 5.88 Å². The highest BCUT2D eigenvalue weighted by Gasteiger charge is 2.23. The van der Waals surface area contributed by atoms with E-state index in [1.54, 1.807) is 12.4 Å². The molecule has 2 aromatic heterocycles.